The lowest BCUT2D eigenvalue weighted by Gasteiger charge is -2.30. The van der Waals surface area contributed by atoms with E-state index in [9.17, 15) is 18.0 Å². The van der Waals surface area contributed by atoms with Crippen molar-refractivity contribution < 1.29 is 13.2 Å². The number of fused-ring (bicyclic) bond motifs is 1. The highest BCUT2D eigenvalue weighted by Crippen LogP contribution is 2.32. The Balaban J connectivity index is 1.76. The standard InChI is InChI=1S/C23H30N4O4S/c1-3-27-23(29)19-7-5-4-6-18(19)21(25-27)17-9-8-15(2)20(14-17)32(30,31)26-12-10-16(11-13-26)22(24)28/h8-9,14,16H,3-7,10-13H2,1-2H3,(H2,24,28). The largest absolute Gasteiger partial charge is 0.369 e. The molecule has 0 atom stereocenters. The van der Waals surface area contributed by atoms with Gasteiger partial charge in [0.1, 0.15) is 0 Å². The molecule has 4 rings (SSSR count). The summed E-state index contributed by atoms with van der Waals surface area (Å²) in [5.74, 6) is -0.651. The SMILES string of the molecule is CCn1nc(-c2ccc(C)c(S(=O)(=O)N3CCC(C(N)=O)CC3)c2)c2c(c1=O)CCCC2. The summed E-state index contributed by atoms with van der Waals surface area (Å²) in [4.78, 5) is 24.5. The zero-order valence-electron chi connectivity index (χ0n) is 18.6. The predicted molar refractivity (Wildman–Crippen MR) is 122 cm³/mol. The van der Waals surface area contributed by atoms with Crippen LogP contribution in [0.3, 0.4) is 0 Å². The molecule has 172 valence electrons. The van der Waals surface area contributed by atoms with E-state index >= 15 is 0 Å². The number of aryl methyl sites for hydroxylation is 2. The van der Waals surface area contributed by atoms with Crippen LogP contribution in [0.25, 0.3) is 11.3 Å². The molecule has 1 saturated heterocycles. The average Bonchev–Trinajstić information content (AvgIpc) is 2.80. The number of primary amides is 1. The fraction of sp³-hybridized carbons (Fsp3) is 0.522. The van der Waals surface area contributed by atoms with Crippen LogP contribution in [0.2, 0.25) is 0 Å². The molecule has 32 heavy (non-hydrogen) atoms. The van der Waals surface area contributed by atoms with Crippen molar-refractivity contribution in [2.24, 2.45) is 11.7 Å². The van der Waals surface area contributed by atoms with Crippen molar-refractivity contribution in [2.75, 3.05) is 13.1 Å². The maximum atomic E-state index is 13.5. The molecule has 0 radical (unpaired) electrons. The topological polar surface area (TPSA) is 115 Å². The maximum absolute atomic E-state index is 13.5. The molecule has 1 amide bonds. The van der Waals surface area contributed by atoms with Gasteiger partial charge in [0.15, 0.2) is 0 Å². The first-order valence-electron chi connectivity index (χ1n) is 11.3. The van der Waals surface area contributed by atoms with Crippen molar-refractivity contribution >= 4 is 15.9 Å². The van der Waals surface area contributed by atoms with E-state index in [-0.39, 0.29) is 35.4 Å². The lowest BCUT2D eigenvalue weighted by molar-refractivity contribution is -0.122. The molecule has 2 heterocycles. The van der Waals surface area contributed by atoms with E-state index in [0.29, 0.717) is 36.2 Å². The molecule has 0 unspecified atom stereocenters. The van der Waals surface area contributed by atoms with Crippen LogP contribution in [-0.2, 0) is 34.2 Å². The highest BCUT2D eigenvalue weighted by Gasteiger charge is 2.32. The lowest BCUT2D eigenvalue weighted by atomic mass is 9.89. The van der Waals surface area contributed by atoms with Crippen molar-refractivity contribution in [3.63, 3.8) is 0 Å². The van der Waals surface area contributed by atoms with Crippen molar-refractivity contribution in [2.45, 2.75) is 63.8 Å². The molecule has 1 aromatic heterocycles. The second-order valence-corrected chi connectivity index (χ2v) is 10.6. The molecule has 1 aromatic carbocycles. The van der Waals surface area contributed by atoms with Gasteiger partial charge in [0, 0.05) is 36.7 Å². The summed E-state index contributed by atoms with van der Waals surface area (Å²) in [5.41, 5.74) is 9.17. The predicted octanol–water partition coefficient (Wildman–Crippen LogP) is 2.00. The molecule has 0 saturated carbocycles. The summed E-state index contributed by atoms with van der Waals surface area (Å²) in [5, 5.41) is 4.61. The quantitative estimate of drug-likeness (QED) is 0.736. The van der Waals surface area contributed by atoms with Gasteiger partial charge in [-0.25, -0.2) is 13.1 Å². The Morgan fingerprint density at radius 2 is 1.81 bits per heavy atom. The van der Waals surface area contributed by atoms with Crippen molar-refractivity contribution in [3.8, 4) is 11.3 Å². The van der Waals surface area contributed by atoms with Gasteiger partial charge < -0.3 is 5.73 Å². The van der Waals surface area contributed by atoms with Crippen molar-refractivity contribution in [1.82, 2.24) is 14.1 Å². The lowest BCUT2D eigenvalue weighted by Crippen LogP contribution is -2.41. The first-order valence-corrected chi connectivity index (χ1v) is 12.7. The highest BCUT2D eigenvalue weighted by atomic mass is 32.2. The summed E-state index contributed by atoms with van der Waals surface area (Å²) in [7, 11) is -3.73. The summed E-state index contributed by atoms with van der Waals surface area (Å²) >= 11 is 0. The minimum Gasteiger partial charge on any atom is -0.369 e. The highest BCUT2D eigenvalue weighted by molar-refractivity contribution is 7.89. The Labute approximate surface area is 188 Å². The van der Waals surface area contributed by atoms with E-state index < -0.39 is 10.0 Å². The third-order valence-electron chi connectivity index (χ3n) is 6.70. The van der Waals surface area contributed by atoms with Crippen LogP contribution in [0, 0.1) is 12.8 Å². The third kappa shape index (κ3) is 3.99. The molecule has 8 nitrogen and oxygen atoms in total. The van der Waals surface area contributed by atoms with Gasteiger partial charge >= 0.3 is 0 Å². The number of nitrogens with zero attached hydrogens (tertiary/aromatic N) is 3. The molecule has 1 fully saturated rings. The minimum atomic E-state index is -3.73. The average molecular weight is 459 g/mol. The Kier molecular flexibility index (Phi) is 6.22. The zero-order chi connectivity index (χ0) is 23.0. The van der Waals surface area contributed by atoms with Crippen LogP contribution in [-0.4, -0.2) is 41.5 Å². The molecule has 1 aliphatic heterocycles. The minimum absolute atomic E-state index is 0.0387. The van der Waals surface area contributed by atoms with Crippen molar-refractivity contribution in [1.29, 1.82) is 0 Å². The van der Waals surface area contributed by atoms with E-state index in [4.69, 9.17) is 5.73 Å². The first kappa shape index (κ1) is 22.7. The maximum Gasteiger partial charge on any atom is 0.270 e. The monoisotopic (exact) mass is 458 g/mol. The molecule has 1 aliphatic carbocycles. The van der Waals surface area contributed by atoms with Gasteiger partial charge in [0.25, 0.3) is 5.56 Å². The number of aromatic nitrogens is 2. The molecular weight excluding hydrogens is 428 g/mol. The number of carbonyl (C=O) groups is 1. The summed E-state index contributed by atoms with van der Waals surface area (Å²) in [6, 6.07) is 5.37. The van der Waals surface area contributed by atoms with Crippen LogP contribution in [0.5, 0.6) is 0 Å². The van der Waals surface area contributed by atoms with Crippen LogP contribution >= 0.6 is 0 Å². The van der Waals surface area contributed by atoms with Gasteiger partial charge in [-0.15, -0.1) is 0 Å². The van der Waals surface area contributed by atoms with Gasteiger partial charge in [-0.1, -0.05) is 12.1 Å². The smallest absolute Gasteiger partial charge is 0.270 e. The first-order chi connectivity index (χ1) is 15.2. The van der Waals surface area contributed by atoms with Crippen LogP contribution < -0.4 is 11.3 Å². The van der Waals surface area contributed by atoms with E-state index in [1.165, 1.54) is 8.99 Å². The van der Waals surface area contributed by atoms with Crippen LogP contribution in [0.4, 0.5) is 0 Å². The zero-order valence-corrected chi connectivity index (χ0v) is 19.5. The Morgan fingerprint density at radius 1 is 1.16 bits per heavy atom. The summed E-state index contributed by atoms with van der Waals surface area (Å²) in [6.45, 7) is 4.67. The molecule has 0 bridgehead atoms. The van der Waals surface area contributed by atoms with Gasteiger partial charge in [0.2, 0.25) is 15.9 Å². The van der Waals surface area contributed by atoms with Crippen molar-refractivity contribution in [3.05, 3.63) is 45.2 Å². The van der Waals surface area contributed by atoms with E-state index in [0.717, 1.165) is 36.8 Å². The van der Waals surface area contributed by atoms with Gasteiger partial charge in [-0.3, -0.25) is 9.59 Å². The van der Waals surface area contributed by atoms with Gasteiger partial charge in [0.05, 0.1) is 10.6 Å². The third-order valence-corrected chi connectivity index (χ3v) is 8.74. The van der Waals surface area contributed by atoms with Gasteiger partial charge in [-0.05, 0) is 69.6 Å². The fourth-order valence-electron chi connectivity index (χ4n) is 4.78. The second-order valence-electron chi connectivity index (χ2n) is 8.69. The van der Waals surface area contributed by atoms with Gasteiger partial charge in [-0.2, -0.15) is 9.40 Å². The number of amides is 1. The number of rotatable bonds is 5. The number of sulfonamides is 1. The number of piperidine rings is 1. The normalized spacial score (nSPS) is 17.8. The van der Waals surface area contributed by atoms with E-state index in [1.54, 1.807) is 19.1 Å². The molecule has 2 aromatic rings. The molecular formula is C23H30N4O4S. The molecule has 2 aliphatic rings. The molecule has 9 heteroatoms. The van der Waals surface area contributed by atoms with E-state index in [1.807, 2.05) is 13.0 Å². The fourth-order valence-corrected chi connectivity index (χ4v) is 6.50. The Morgan fingerprint density at radius 3 is 2.44 bits per heavy atom. The number of benzene rings is 1. The van der Waals surface area contributed by atoms with E-state index in [2.05, 4.69) is 5.10 Å². The van der Waals surface area contributed by atoms with Crippen LogP contribution in [0.1, 0.15) is 49.3 Å². The number of nitrogens with two attached hydrogens (primary N) is 1. The number of carbonyl (C=O) groups excluding carboxylic acids is 1. The molecule has 0 spiro atoms. The number of hydrogen-bond donors (Lipinski definition) is 1. The molecule has 2 N–H and O–H groups in total. The summed E-state index contributed by atoms with van der Waals surface area (Å²) in [6.07, 6.45) is 4.34. The Hall–Kier alpha value is -2.52. The number of hydrogen-bond acceptors (Lipinski definition) is 5. The van der Waals surface area contributed by atoms with Crippen LogP contribution in [0.15, 0.2) is 27.9 Å². The summed E-state index contributed by atoms with van der Waals surface area (Å²) < 4.78 is 29.8. The second kappa shape index (κ2) is 8.78. The Bertz CT molecular complexity index is 1210.